The summed E-state index contributed by atoms with van der Waals surface area (Å²) in [7, 11) is 1.27. The molecule has 0 aliphatic heterocycles. The van der Waals surface area contributed by atoms with Crippen molar-refractivity contribution in [2.45, 2.75) is 219 Å². The van der Waals surface area contributed by atoms with E-state index in [9.17, 15) is 19.4 Å². The van der Waals surface area contributed by atoms with Crippen molar-refractivity contribution in [1.29, 1.82) is 0 Å². The first-order valence-corrected chi connectivity index (χ1v) is 23.5. The van der Waals surface area contributed by atoms with Gasteiger partial charge in [-0.3, -0.25) is 9.36 Å². The van der Waals surface area contributed by atoms with E-state index in [1.54, 1.807) is 6.08 Å². The molecule has 52 heavy (non-hydrogen) atoms. The van der Waals surface area contributed by atoms with Gasteiger partial charge in [0.15, 0.2) is 0 Å². The highest BCUT2D eigenvalue weighted by molar-refractivity contribution is 7.45. The number of phosphoric ester groups is 1. The number of hydrogen-bond acceptors (Lipinski definition) is 6. The van der Waals surface area contributed by atoms with Crippen LogP contribution in [0.5, 0.6) is 0 Å². The van der Waals surface area contributed by atoms with Crippen LogP contribution in [0.4, 0.5) is 0 Å². The van der Waals surface area contributed by atoms with Crippen molar-refractivity contribution in [1.82, 2.24) is 5.32 Å². The van der Waals surface area contributed by atoms with Crippen molar-refractivity contribution in [3.05, 3.63) is 12.2 Å². The summed E-state index contributed by atoms with van der Waals surface area (Å²) >= 11 is 0. The number of nitrogens with one attached hydrogen (secondary N) is 1. The Morgan fingerprint density at radius 2 is 1.04 bits per heavy atom. The minimum atomic E-state index is -4.58. The first-order valence-electron chi connectivity index (χ1n) is 22.1. The Morgan fingerprint density at radius 3 is 1.44 bits per heavy atom. The fraction of sp³-hybridized carbons (Fsp3) is 0.930. The fourth-order valence-electron chi connectivity index (χ4n) is 6.45. The first-order chi connectivity index (χ1) is 25.0. The molecule has 3 atom stereocenters. The van der Waals surface area contributed by atoms with Crippen molar-refractivity contribution in [2.75, 3.05) is 40.9 Å². The maximum absolute atomic E-state index is 12.8. The Labute approximate surface area is 322 Å². The van der Waals surface area contributed by atoms with Crippen LogP contribution >= 0.6 is 7.82 Å². The van der Waals surface area contributed by atoms with Crippen molar-refractivity contribution in [3.8, 4) is 0 Å². The number of aliphatic hydroxyl groups is 1. The summed E-state index contributed by atoms with van der Waals surface area (Å²) in [5, 5.41) is 13.8. The third-order valence-corrected chi connectivity index (χ3v) is 11.0. The van der Waals surface area contributed by atoms with Gasteiger partial charge in [-0.15, -0.1) is 0 Å². The summed E-state index contributed by atoms with van der Waals surface area (Å²) in [4.78, 5) is 25.3. The van der Waals surface area contributed by atoms with Gasteiger partial charge in [0, 0.05) is 6.42 Å². The Kier molecular flexibility index (Phi) is 35.4. The molecular weight excluding hydrogens is 671 g/mol. The maximum atomic E-state index is 12.8. The number of hydrogen-bond donors (Lipinski definition) is 2. The van der Waals surface area contributed by atoms with Crippen molar-refractivity contribution in [3.63, 3.8) is 0 Å². The summed E-state index contributed by atoms with van der Waals surface area (Å²) in [5.41, 5.74) is 0. The smallest absolute Gasteiger partial charge is 0.268 e. The molecule has 0 saturated carbocycles. The summed E-state index contributed by atoms with van der Waals surface area (Å²) in [6, 6.07) is -0.879. The van der Waals surface area contributed by atoms with Crippen molar-refractivity contribution >= 4 is 13.7 Å². The van der Waals surface area contributed by atoms with Gasteiger partial charge in [0.1, 0.15) is 13.2 Å². The second-order valence-electron chi connectivity index (χ2n) is 16.4. The zero-order valence-electron chi connectivity index (χ0n) is 35.0. The normalized spacial score (nSPS) is 14.5. The number of nitrogens with zero attached hydrogens (tertiary/aromatic N) is 1. The van der Waals surface area contributed by atoms with Gasteiger partial charge in [-0.25, -0.2) is 0 Å². The standard InChI is InChI=1S/C43H87N2O6P/c1-6-8-10-12-14-16-18-20-21-22-23-25-27-29-31-33-35-37-43(47)44-41(40-51-52(48,49)50-39-38-45(3,4)5)42(46)36-34-32-30-28-26-24-19-17-15-13-11-9-7-2/h34,36,41-42,46H,6-33,35,37-40H2,1-5H3,(H-,44,47,48,49). The van der Waals surface area contributed by atoms with Crippen LogP contribution < -0.4 is 10.2 Å². The highest BCUT2D eigenvalue weighted by Gasteiger charge is 2.23. The lowest BCUT2D eigenvalue weighted by atomic mass is 10.0. The molecule has 0 aliphatic carbocycles. The lowest BCUT2D eigenvalue weighted by Gasteiger charge is -2.29. The molecule has 0 aromatic rings. The minimum absolute atomic E-state index is 0.00201. The van der Waals surface area contributed by atoms with E-state index in [-0.39, 0.29) is 19.1 Å². The van der Waals surface area contributed by atoms with Crippen LogP contribution in [0, 0.1) is 0 Å². The van der Waals surface area contributed by atoms with Crippen LogP contribution in [0.3, 0.4) is 0 Å². The van der Waals surface area contributed by atoms with E-state index in [0.717, 1.165) is 38.5 Å². The number of amides is 1. The number of carbonyl (C=O) groups is 1. The van der Waals surface area contributed by atoms with Crippen LogP contribution in [0.1, 0.15) is 206 Å². The van der Waals surface area contributed by atoms with Crippen LogP contribution in [0.15, 0.2) is 12.2 Å². The first kappa shape index (κ1) is 51.2. The van der Waals surface area contributed by atoms with Crippen LogP contribution in [-0.2, 0) is 18.4 Å². The van der Waals surface area contributed by atoms with Gasteiger partial charge in [-0.2, -0.15) is 0 Å². The molecule has 310 valence electrons. The number of unbranched alkanes of at least 4 members (excludes halogenated alkanes) is 27. The maximum Gasteiger partial charge on any atom is 0.268 e. The number of carbonyl (C=O) groups excluding carboxylic acids is 1. The summed E-state index contributed by atoms with van der Waals surface area (Å²) in [6.45, 7) is 4.65. The number of aliphatic hydroxyl groups excluding tert-OH is 1. The molecular formula is C43H87N2O6P. The molecule has 9 heteroatoms. The number of likely N-dealkylation sites (N-methyl/N-ethyl adjacent to an activating group) is 1. The quantitative estimate of drug-likeness (QED) is 0.0279. The molecule has 0 saturated heterocycles. The molecule has 8 nitrogen and oxygen atoms in total. The molecule has 0 fully saturated rings. The lowest BCUT2D eigenvalue weighted by molar-refractivity contribution is -0.870. The van der Waals surface area contributed by atoms with E-state index in [4.69, 9.17) is 9.05 Å². The summed E-state index contributed by atoms with van der Waals surface area (Å²) in [6.07, 6.45) is 39.6. The molecule has 0 aliphatic rings. The molecule has 0 aromatic heterocycles. The van der Waals surface area contributed by atoms with E-state index in [1.807, 2.05) is 27.2 Å². The van der Waals surface area contributed by atoms with Gasteiger partial charge in [0.05, 0.1) is 39.9 Å². The molecule has 2 N–H and O–H groups in total. The van der Waals surface area contributed by atoms with Gasteiger partial charge >= 0.3 is 0 Å². The second kappa shape index (κ2) is 35.9. The number of quaternary nitrogens is 1. The van der Waals surface area contributed by atoms with E-state index >= 15 is 0 Å². The largest absolute Gasteiger partial charge is 0.756 e. The van der Waals surface area contributed by atoms with Crippen LogP contribution in [0.2, 0.25) is 0 Å². The molecule has 3 unspecified atom stereocenters. The zero-order chi connectivity index (χ0) is 38.6. The topological polar surface area (TPSA) is 108 Å². The Balaban J connectivity index is 4.38. The van der Waals surface area contributed by atoms with Gasteiger partial charge in [-0.05, 0) is 19.3 Å². The highest BCUT2D eigenvalue weighted by Crippen LogP contribution is 2.38. The van der Waals surface area contributed by atoms with Crippen molar-refractivity contribution < 1.29 is 32.9 Å². The molecule has 0 radical (unpaired) electrons. The predicted octanol–water partition coefficient (Wildman–Crippen LogP) is 11.3. The van der Waals surface area contributed by atoms with Crippen molar-refractivity contribution in [2.24, 2.45) is 0 Å². The van der Waals surface area contributed by atoms with E-state index in [2.05, 4.69) is 19.2 Å². The fourth-order valence-corrected chi connectivity index (χ4v) is 7.17. The van der Waals surface area contributed by atoms with Crippen LogP contribution in [0.25, 0.3) is 0 Å². The molecule has 0 spiro atoms. The third kappa shape index (κ3) is 37.6. The molecule has 0 rings (SSSR count). The molecule has 0 bridgehead atoms. The van der Waals surface area contributed by atoms with Gasteiger partial charge in [-0.1, -0.05) is 193 Å². The monoisotopic (exact) mass is 759 g/mol. The van der Waals surface area contributed by atoms with E-state index < -0.39 is 20.0 Å². The second-order valence-corrected chi connectivity index (χ2v) is 17.8. The van der Waals surface area contributed by atoms with Gasteiger partial charge in [0.25, 0.3) is 7.82 Å². The minimum Gasteiger partial charge on any atom is -0.756 e. The molecule has 0 heterocycles. The molecule has 0 aromatic carbocycles. The Hall–Kier alpha value is -0.760. The number of rotatable bonds is 40. The van der Waals surface area contributed by atoms with E-state index in [1.165, 1.54) is 148 Å². The summed E-state index contributed by atoms with van der Waals surface area (Å²) in [5.74, 6) is -0.195. The zero-order valence-corrected chi connectivity index (χ0v) is 35.9. The molecule has 1 amide bonds. The number of phosphoric acid groups is 1. The Bertz CT molecular complexity index is 865. The Morgan fingerprint density at radius 1 is 0.654 bits per heavy atom. The third-order valence-electron chi connectivity index (χ3n) is 10.00. The van der Waals surface area contributed by atoms with Gasteiger partial charge < -0.3 is 28.8 Å². The van der Waals surface area contributed by atoms with Gasteiger partial charge in [0.2, 0.25) is 5.91 Å². The van der Waals surface area contributed by atoms with E-state index in [0.29, 0.717) is 17.4 Å². The highest BCUT2D eigenvalue weighted by atomic mass is 31.2. The lowest BCUT2D eigenvalue weighted by Crippen LogP contribution is -2.45. The average molecular weight is 759 g/mol. The predicted molar refractivity (Wildman–Crippen MR) is 219 cm³/mol. The average Bonchev–Trinajstić information content (AvgIpc) is 3.09. The SMILES string of the molecule is CCCCCCCCCCCCCC=CC(O)C(COP(=O)([O-])OCC[N+](C)(C)C)NC(=O)CCCCCCCCCCCCCCCCCCC. The van der Waals surface area contributed by atoms with Crippen LogP contribution in [-0.4, -0.2) is 68.5 Å². The summed E-state index contributed by atoms with van der Waals surface area (Å²) < 4.78 is 23.2. The number of allylic oxidation sites excluding steroid dienone is 1.